The highest BCUT2D eigenvalue weighted by Gasteiger charge is 2.25. The van der Waals surface area contributed by atoms with Crippen molar-refractivity contribution in [3.05, 3.63) is 45.9 Å². The van der Waals surface area contributed by atoms with Crippen molar-refractivity contribution < 1.29 is 13.6 Å². The first-order chi connectivity index (χ1) is 13.9. The van der Waals surface area contributed by atoms with Crippen LogP contribution in [0.2, 0.25) is 0 Å². The van der Waals surface area contributed by atoms with Gasteiger partial charge in [-0.2, -0.15) is 10.1 Å². The Labute approximate surface area is 164 Å². The predicted octanol–water partition coefficient (Wildman–Crippen LogP) is 1.85. The minimum Gasteiger partial charge on any atom is -0.363 e. The largest absolute Gasteiger partial charge is 0.363 e. The number of fused-ring (bicyclic) bond motifs is 1. The summed E-state index contributed by atoms with van der Waals surface area (Å²) in [6.07, 6.45) is 1.64. The molecule has 8 nitrogen and oxygen atoms in total. The number of nitrogens with one attached hydrogen (secondary N) is 1. The van der Waals surface area contributed by atoms with E-state index in [4.69, 9.17) is 0 Å². The first-order valence-electron chi connectivity index (χ1n) is 9.33. The minimum absolute atomic E-state index is 0.0381. The molecule has 0 bridgehead atoms. The van der Waals surface area contributed by atoms with Crippen molar-refractivity contribution in [2.24, 2.45) is 7.05 Å². The second kappa shape index (κ2) is 7.26. The Hall–Kier alpha value is -3.30. The Balaban J connectivity index is 1.55. The second-order valence-corrected chi connectivity index (χ2v) is 6.93. The van der Waals surface area contributed by atoms with Gasteiger partial charge in [0.15, 0.2) is 11.4 Å². The van der Waals surface area contributed by atoms with E-state index in [-0.39, 0.29) is 29.0 Å². The summed E-state index contributed by atoms with van der Waals surface area (Å²) in [6, 6.07) is 2.18. The molecule has 10 heteroatoms. The van der Waals surface area contributed by atoms with Gasteiger partial charge in [-0.15, -0.1) is 0 Å². The molecule has 0 radical (unpaired) electrons. The van der Waals surface area contributed by atoms with E-state index in [2.05, 4.69) is 15.1 Å². The zero-order valence-electron chi connectivity index (χ0n) is 16.1. The number of aromatic nitrogens is 4. The molecule has 1 N–H and O–H groups in total. The molecule has 1 fully saturated rings. The molecule has 1 aliphatic rings. The highest BCUT2D eigenvalue weighted by atomic mass is 19.1. The molecule has 1 aromatic carbocycles. The van der Waals surface area contributed by atoms with Gasteiger partial charge in [-0.3, -0.25) is 19.3 Å². The fourth-order valence-corrected chi connectivity index (χ4v) is 3.55. The van der Waals surface area contributed by atoms with Gasteiger partial charge in [0.2, 0.25) is 5.95 Å². The third kappa shape index (κ3) is 3.34. The molecule has 152 valence electrons. The Morgan fingerprint density at radius 2 is 1.76 bits per heavy atom. The van der Waals surface area contributed by atoms with Crippen LogP contribution in [0.25, 0.3) is 11.0 Å². The van der Waals surface area contributed by atoms with Gasteiger partial charge in [-0.25, -0.2) is 8.78 Å². The van der Waals surface area contributed by atoms with Crippen molar-refractivity contribution in [2.45, 2.75) is 13.3 Å². The number of anilines is 2. The van der Waals surface area contributed by atoms with Gasteiger partial charge in [0.25, 0.3) is 5.56 Å². The van der Waals surface area contributed by atoms with Crippen LogP contribution in [0.5, 0.6) is 0 Å². The Kier molecular flexibility index (Phi) is 4.77. The normalized spacial score (nSPS) is 14.6. The molecule has 1 saturated heterocycles. The number of hydrogen-bond donors (Lipinski definition) is 1. The smallest absolute Gasteiger partial charge is 0.263 e. The number of halogens is 2. The number of aromatic amines is 1. The summed E-state index contributed by atoms with van der Waals surface area (Å²) in [5, 5.41) is 4.44. The number of H-pyrrole nitrogens is 1. The van der Waals surface area contributed by atoms with Crippen LogP contribution in [0.3, 0.4) is 0 Å². The van der Waals surface area contributed by atoms with Crippen LogP contribution >= 0.6 is 0 Å². The summed E-state index contributed by atoms with van der Waals surface area (Å²) in [4.78, 5) is 34.6. The van der Waals surface area contributed by atoms with Crippen molar-refractivity contribution in [2.75, 3.05) is 36.0 Å². The molecule has 0 amide bonds. The summed E-state index contributed by atoms with van der Waals surface area (Å²) in [5.41, 5.74) is 0.0882. The molecule has 3 heterocycles. The Bertz CT molecular complexity index is 1120. The highest BCUT2D eigenvalue weighted by molar-refractivity contribution is 5.96. The van der Waals surface area contributed by atoms with Crippen molar-refractivity contribution in [3.63, 3.8) is 0 Å². The zero-order valence-corrected chi connectivity index (χ0v) is 16.1. The number of piperazine rings is 1. The molecule has 0 spiro atoms. The van der Waals surface area contributed by atoms with Crippen LogP contribution in [-0.2, 0) is 7.05 Å². The van der Waals surface area contributed by atoms with E-state index >= 15 is 0 Å². The van der Waals surface area contributed by atoms with E-state index < -0.39 is 11.6 Å². The minimum atomic E-state index is -0.752. The Morgan fingerprint density at radius 3 is 2.38 bits per heavy atom. The number of nitrogens with zero attached hydrogens (tertiary/aromatic N) is 5. The maximum absolute atomic E-state index is 14.5. The van der Waals surface area contributed by atoms with Crippen LogP contribution in [-0.4, -0.2) is 51.7 Å². The van der Waals surface area contributed by atoms with Crippen molar-refractivity contribution in [1.82, 2.24) is 19.7 Å². The molecule has 2 aromatic heterocycles. The molecular formula is C19H20F2N6O2. The van der Waals surface area contributed by atoms with Crippen LogP contribution in [0.4, 0.5) is 20.4 Å². The molecule has 4 rings (SSSR count). The topological polar surface area (TPSA) is 87.1 Å². The fraction of sp³-hybridized carbons (Fsp3) is 0.368. The fourth-order valence-electron chi connectivity index (χ4n) is 3.55. The summed E-state index contributed by atoms with van der Waals surface area (Å²) in [5.74, 6) is -1.41. The van der Waals surface area contributed by atoms with Gasteiger partial charge in [-0.1, -0.05) is 6.92 Å². The van der Waals surface area contributed by atoms with Gasteiger partial charge in [0.05, 0.1) is 6.20 Å². The van der Waals surface area contributed by atoms with Gasteiger partial charge < -0.3 is 9.80 Å². The summed E-state index contributed by atoms with van der Waals surface area (Å²) in [7, 11) is 1.70. The third-order valence-corrected chi connectivity index (χ3v) is 5.14. The van der Waals surface area contributed by atoms with E-state index in [0.717, 1.165) is 12.1 Å². The van der Waals surface area contributed by atoms with E-state index in [1.54, 1.807) is 18.9 Å². The van der Waals surface area contributed by atoms with E-state index in [1.807, 2.05) is 4.90 Å². The summed E-state index contributed by atoms with van der Waals surface area (Å²) in [6.45, 7) is 3.15. The standard InChI is InChI=1S/C19H20F2N6O2/c1-3-15(28)11-8-13(20)16(14(21)9-11)26-4-6-27(7-5-26)19-23-17-12(18(29)24-19)10-22-25(17)2/h8-10H,3-7H2,1-2H3,(H,23,24,29). The number of carbonyl (C=O) groups excluding carboxylic acids is 1. The Morgan fingerprint density at radius 1 is 1.14 bits per heavy atom. The molecule has 0 unspecified atom stereocenters. The number of carbonyl (C=O) groups is 1. The van der Waals surface area contributed by atoms with E-state index in [0.29, 0.717) is 43.2 Å². The number of Topliss-reactive ketones (excluding diaryl/α,β-unsaturated/α-hetero) is 1. The van der Waals surface area contributed by atoms with E-state index in [9.17, 15) is 18.4 Å². The lowest BCUT2D eigenvalue weighted by Crippen LogP contribution is -2.48. The lowest BCUT2D eigenvalue weighted by atomic mass is 10.1. The van der Waals surface area contributed by atoms with Gasteiger partial charge in [0.1, 0.15) is 22.7 Å². The summed E-state index contributed by atoms with van der Waals surface area (Å²) >= 11 is 0. The molecule has 0 saturated carbocycles. The first-order valence-corrected chi connectivity index (χ1v) is 9.33. The number of benzene rings is 1. The number of rotatable bonds is 4. The van der Waals surface area contributed by atoms with Crippen molar-refractivity contribution in [3.8, 4) is 0 Å². The molecular weight excluding hydrogens is 382 g/mol. The molecule has 0 aliphatic carbocycles. The predicted molar refractivity (Wildman–Crippen MR) is 105 cm³/mol. The van der Waals surface area contributed by atoms with Crippen LogP contribution in [0.15, 0.2) is 23.1 Å². The molecule has 3 aromatic rings. The highest BCUT2D eigenvalue weighted by Crippen LogP contribution is 2.27. The molecule has 29 heavy (non-hydrogen) atoms. The molecule has 0 atom stereocenters. The van der Waals surface area contributed by atoms with Crippen LogP contribution in [0, 0.1) is 11.6 Å². The second-order valence-electron chi connectivity index (χ2n) is 6.93. The van der Waals surface area contributed by atoms with Gasteiger partial charge in [0, 0.05) is 45.2 Å². The third-order valence-electron chi connectivity index (χ3n) is 5.14. The van der Waals surface area contributed by atoms with Gasteiger partial charge >= 0.3 is 0 Å². The zero-order chi connectivity index (χ0) is 20.7. The van der Waals surface area contributed by atoms with Crippen LogP contribution in [0.1, 0.15) is 23.7 Å². The first kappa shape index (κ1) is 19.0. The average molecular weight is 402 g/mol. The van der Waals surface area contributed by atoms with E-state index in [1.165, 1.54) is 10.9 Å². The summed E-state index contributed by atoms with van der Waals surface area (Å²) < 4.78 is 30.6. The maximum atomic E-state index is 14.5. The monoisotopic (exact) mass is 402 g/mol. The number of ketones is 1. The lowest BCUT2D eigenvalue weighted by Gasteiger charge is -2.36. The molecule has 1 aliphatic heterocycles. The quantitative estimate of drug-likeness (QED) is 0.671. The lowest BCUT2D eigenvalue weighted by molar-refractivity contribution is 0.0987. The van der Waals surface area contributed by atoms with Gasteiger partial charge in [-0.05, 0) is 12.1 Å². The maximum Gasteiger partial charge on any atom is 0.263 e. The van der Waals surface area contributed by atoms with Crippen molar-refractivity contribution >= 4 is 28.5 Å². The van der Waals surface area contributed by atoms with Crippen LogP contribution < -0.4 is 15.4 Å². The SMILES string of the molecule is CCC(=O)c1cc(F)c(N2CCN(c3nc4c(cnn4C)c(=O)[nH]3)CC2)c(F)c1. The van der Waals surface area contributed by atoms with Crippen molar-refractivity contribution in [1.29, 1.82) is 0 Å². The average Bonchev–Trinajstić information content (AvgIpc) is 3.08. The number of aryl methyl sites for hydroxylation is 1. The number of hydrogen-bond acceptors (Lipinski definition) is 6.